The van der Waals surface area contributed by atoms with Crippen LogP contribution < -0.4 is 4.74 Å². The van der Waals surface area contributed by atoms with Crippen LogP contribution in [0.3, 0.4) is 0 Å². The summed E-state index contributed by atoms with van der Waals surface area (Å²) in [7, 11) is 0. The van der Waals surface area contributed by atoms with Gasteiger partial charge in [0.25, 0.3) is 0 Å². The van der Waals surface area contributed by atoms with Crippen LogP contribution in [0.5, 0.6) is 11.5 Å². The summed E-state index contributed by atoms with van der Waals surface area (Å²) < 4.78 is 10.8. The molecule has 0 saturated heterocycles. The predicted molar refractivity (Wildman–Crippen MR) is 206 cm³/mol. The van der Waals surface area contributed by atoms with Crippen LogP contribution in [0.2, 0.25) is 0 Å². The minimum Gasteiger partial charge on any atom is -0.509 e. The molecule has 0 bridgehead atoms. The number of aryl methyl sites for hydroxylation is 3. The average Bonchev–Trinajstić information content (AvgIpc) is 3.55. The fourth-order valence-corrected chi connectivity index (χ4v) is 6.80. The molecular formula is C45H46N4OPt. The first kappa shape index (κ1) is 36.3. The zero-order chi connectivity index (χ0) is 35.4. The number of rotatable bonds is 7. The molecule has 0 fully saturated rings. The first-order chi connectivity index (χ1) is 23.7. The minimum absolute atomic E-state index is 0. The van der Waals surface area contributed by atoms with Crippen molar-refractivity contribution < 1.29 is 25.8 Å². The fourth-order valence-electron chi connectivity index (χ4n) is 6.80. The van der Waals surface area contributed by atoms with E-state index in [0.717, 1.165) is 68.8 Å². The predicted octanol–water partition coefficient (Wildman–Crippen LogP) is 11.6. The Labute approximate surface area is 317 Å². The van der Waals surface area contributed by atoms with E-state index in [-0.39, 0.29) is 31.9 Å². The molecular weight excluding hydrogens is 808 g/mol. The summed E-state index contributed by atoms with van der Waals surface area (Å²) in [4.78, 5) is 4.88. The molecule has 6 heteroatoms. The summed E-state index contributed by atoms with van der Waals surface area (Å²) in [5, 5.41) is 7.24. The van der Waals surface area contributed by atoms with Crippen molar-refractivity contribution in [2.45, 2.75) is 80.6 Å². The number of nitrogens with zero attached hydrogens (tertiary/aromatic N) is 4. The first-order valence-electron chi connectivity index (χ1n) is 17.6. The van der Waals surface area contributed by atoms with Crippen molar-refractivity contribution in [1.29, 1.82) is 0 Å². The molecule has 0 aliphatic carbocycles. The van der Waals surface area contributed by atoms with Gasteiger partial charge >= 0.3 is 21.1 Å². The van der Waals surface area contributed by atoms with E-state index >= 15 is 0 Å². The number of hydrogen-bond acceptors (Lipinski definition) is 3. The van der Waals surface area contributed by atoms with E-state index in [1.165, 1.54) is 16.5 Å². The van der Waals surface area contributed by atoms with Crippen LogP contribution in [0.1, 0.15) is 76.0 Å². The number of benzene rings is 4. The van der Waals surface area contributed by atoms with Gasteiger partial charge in [-0.25, -0.2) is 4.98 Å². The largest absolute Gasteiger partial charge is 2.00 e. The van der Waals surface area contributed by atoms with Crippen molar-refractivity contribution in [3.63, 3.8) is 0 Å². The Morgan fingerprint density at radius 1 is 0.765 bits per heavy atom. The number of hydrogen-bond donors (Lipinski definition) is 0. The second-order valence-electron chi connectivity index (χ2n) is 15.8. The van der Waals surface area contributed by atoms with Gasteiger partial charge in [-0.05, 0) is 83.5 Å². The van der Waals surface area contributed by atoms with Crippen molar-refractivity contribution in [1.82, 2.24) is 19.3 Å². The molecule has 0 N–H and O–H groups in total. The molecule has 0 amide bonds. The molecule has 0 unspecified atom stereocenters. The SMILES string of the molecule is Cc1cc(Oc2[c-]c3c(cc2)c2cc(CCC(C)(C)C)ccc2n3-c2cc(C(C)(C)C)ccn2)[c-]c(-n2nc(C)c(-c3ccccc3)c2C)c1.[Pt+2]. The van der Waals surface area contributed by atoms with Gasteiger partial charge < -0.3 is 9.30 Å². The molecule has 7 rings (SSSR count). The molecule has 3 aromatic heterocycles. The molecule has 7 aromatic rings. The van der Waals surface area contributed by atoms with E-state index in [9.17, 15) is 0 Å². The Balaban J connectivity index is 0.00000448. The van der Waals surface area contributed by atoms with Gasteiger partial charge in [-0.15, -0.1) is 35.7 Å². The molecule has 0 radical (unpaired) electrons. The monoisotopic (exact) mass is 853 g/mol. The number of pyridine rings is 1. The van der Waals surface area contributed by atoms with E-state index in [0.29, 0.717) is 11.5 Å². The van der Waals surface area contributed by atoms with Crippen molar-refractivity contribution in [3.05, 3.63) is 131 Å². The molecule has 0 spiro atoms. The van der Waals surface area contributed by atoms with Gasteiger partial charge in [-0.3, -0.25) is 4.68 Å². The molecule has 0 aliphatic heterocycles. The summed E-state index contributed by atoms with van der Waals surface area (Å²) in [5.74, 6) is 2.11. The maximum absolute atomic E-state index is 6.57. The van der Waals surface area contributed by atoms with Crippen LogP contribution in [-0.2, 0) is 32.9 Å². The molecule has 5 nitrogen and oxygen atoms in total. The van der Waals surface area contributed by atoms with E-state index in [1.54, 1.807) is 0 Å². The zero-order valence-corrected chi connectivity index (χ0v) is 33.4. The number of aromatic nitrogens is 4. The maximum atomic E-state index is 6.57. The molecule has 3 heterocycles. The third-order valence-corrected chi connectivity index (χ3v) is 9.49. The Morgan fingerprint density at radius 3 is 2.25 bits per heavy atom. The molecule has 0 saturated carbocycles. The molecule has 4 aromatic carbocycles. The minimum atomic E-state index is -0.0133. The van der Waals surface area contributed by atoms with Crippen LogP contribution in [0.4, 0.5) is 0 Å². The summed E-state index contributed by atoms with van der Waals surface area (Å²) in [6.07, 6.45) is 4.07. The van der Waals surface area contributed by atoms with E-state index in [2.05, 4.69) is 146 Å². The quantitative estimate of drug-likeness (QED) is 0.150. The summed E-state index contributed by atoms with van der Waals surface area (Å²) >= 11 is 0. The molecule has 0 atom stereocenters. The smallest absolute Gasteiger partial charge is 0.509 e. The topological polar surface area (TPSA) is 44.9 Å². The van der Waals surface area contributed by atoms with Crippen LogP contribution in [0, 0.1) is 38.3 Å². The van der Waals surface area contributed by atoms with Crippen molar-refractivity contribution in [3.8, 4) is 34.1 Å². The summed E-state index contributed by atoms with van der Waals surface area (Å²) in [6.45, 7) is 19.8. The van der Waals surface area contributed by atoms with Gasteiger partial charge in [-0.1, -0.05) is 96.4 Å². The standard InChI is InChI=1S/C45H46N4O.Pt/c1-29-23-35(49-31(3)43(30(2)47-49)33-13-11-10-12-14-33)27-37(24-29)50-36-16-17-38-39-25-32(19-21-44(4,5)6)15-18-40(39)48(41(38)28-36)42-26-34(20-22-46-42)45(7,8)9;/h10-18,20,22-26H,19,21H2,1-9H3;/q-2;+2. The number of ether oxygens (including phenoxy) is 1. The third-order valence-electron chi connectivity index (χ3n) is 9.49. The van der Waals surface area contributed by atoms with Crippen molar-refractivity contribution in [2.75, 3.05) is 0 Å². The van der Waals surface area contributed by atoms with Crippen LogP contribution in [0.15, 0.2) is 91.1 Å². The average molecular weight is 854 g/mol. The normalized spacial score (nSPS) is 12.0. The van der Waals surface area contributed by atoms with Gasteiger partial charge in [-0.2, -0.15) is 16.7 Å². The van der Waals surface area contributed by atoms with Gasteiger partial charge in [0, 0.05) is 34.5 Å². The Kier molecular flexibility index (Phi) is 9.91. The van der Waals surface area contributed by atoms with Crippen molar-refractivity contribution in [2.24, 2.45) is 5.41 Å². The number of fused-ring (bicyclic) bond motifs is 3. The third kappa shape index (κ3) is 7.46. The molecule has 0 aliphatic rings. The van der Waals surface area contributed by atoms with E-state index in [4.69, 9.17) is 14.8 Å². The van der Waals surface area contributed by atoms with Gasteiger partial charge in [0.05, 0.1) is 5.69 Å². The van der Waals surface area contributed by atoms with E-state index < -0.39 is 0 Å². The second kappa shape index (κ2) is 13.9. The van der Waals surface area contributed by atoms with Crippen LogP contribution in [0.25, 0.3) is 44.4 Å². The van der Waals surface area contributed by atoms with Crippen molar-refractivity contribution >= 4 is 21.8 Å². The summed E-state index contributed by atoms with van der Waals surface area (Å²) in [6, 6.07) is 37.0. The van der Waals surface area contributed by atoms with Crippen LogP contribution in [-0.4, -0.2) is 19.3 Å². The Morgan fingerprint density at radius 2 is 1.53 bits per heavy atom. The molecule has 51 heavy (non-hydrogen) atoms. The summed E-state index contributed by atoms with van der Waals surface area (Å²) in [5.41, 5.74) is 11.1. The Bertz CT molecular complexity index is 2350. The van der Waals surface area contributed by atoms with Crippen LogP contribution >= 0.6 is 0 Å². The fraction of sp³-hybridized carbons (Fsp3) is 0.289. The first-order valence-corrected chi connectivity index (χ1v) is 17.6. The maximum Gasteiger partial charge on any atom is 2.00 e. The van der Waals surface area contributed by atoms with Gasteiger partial charge in [0.1, 0.15) is 5.82 Å². The van der Waals surface area contributed by atoms with Gasteiger partial charge in [0.2, 0.25) is 0 Å². The van der Waals surface area contributed by atoms with Gasteiger partial charge in [0.15, 0.2) is 0 Å². The molecule has 262 valence electrons. The van der Waals surface area contributed by atoms with E-state index in [1.807, 2.05) is 29.1 Å². The Hall–Kier alpha value is -4.47. The zero-order valence-electron chi connectivity index (χ0n) is 31.1. The second-order valence-corrected chi connectivity index (χ2v) is 15.8.